The lowest BCUT2D eigenvalue weighted by Gasteiger charge is -2.36. The van der Waals surface area contributed by atoms with Crippen molar-refractivity contribution in [3.8, 4) is 0 Å². The third-order valence-electron chi connectivity index (χ3n) is 5.42. The number of carbonyl (C=O) groups is 1. The standard InChI is InChI=1S/C19H25N3O3/c1-21(10-15-4-3-9-24-15)12-18-16-11-22(8-6-14(16)13-25-18)19(23)17-5-2-7-20-17/h2-5,7,9,14,16,18,20H,6,8,10-13H2,1H3/t14-,16-,18+/m1/s1. The second-order valence-corrected chi connectivity index (χ2v) is 7.20. The molecule has 0 aliphatic carbocycles. The molecular formula is C19H25N3O3. The normalized spacial score (nSPS) is 26.2. The number of piperidine rings is 1. The van der Waals surface area contributed by atoms with Crippen molar-refractivity contribution in [2.75, 3.05) is 33.3 Å². The van der Waals surface area contributed by atoms with E-state index in [1.54, 1.807) is 12.5 Å². The van der Waals surface area contributed by atoms with E-state index >= 15 is 0 Å². The number of hydrogen-bond donors (Lipinski definition) is 1. The Hall–Kier alpha value is -2.05. The summed E-state index contributed by atoms with van der Waals surface area (Å²) in [5.41, 5.74) is 0.670. The summed E-state index contributed by atoms with van der Waals surface area (Å²) in [5.74, 6) is 2.03. The predicted molar refractivity (Wildman–Crippen MR) is 93.1 cm³/mol. The highest BCUT2D eigenvalue weighted by atomic mass is 16.5. The van der Waals surface area contributed by atoms with Crippen LogP contribution in [-0.4, -0.2) is 60.1 Å². The van der Waals surface area contributed by atoms with Gasteiger partial charge in [0.1, 0.15) is 11.5 Å². The summed E-state index contributed by atoms with van der Waals surface area (Å²) in [6.45, 7) is 4.04. The van der Waals surface area contributed by atoms with Crippen molar-refractivity contribution >= 4 is 5.91 Å². The molecule has 4 rings (SSSR count). The second kappa shape index (κ2) is 7.06. The number of aromatic nitrogens is 1. The van der Waals surface area contributed by atoms with Crippen LogP contribution in [0.15, 0.2) is 41.1 Å². The number of ether oxygens (including phenoxy) is 1. The Balaban J connectivity index is 1.37. The SMILES string of the molecule is CN(Cc1ccco1)C[C@@H]1OC[C@H]2CCN(C(=O)c3ccc[nH]3)C[C@H]21. The number of H-pyrrole nitrogens is 1. The molecule has 1 N–H and O–H groups in total. The van der Waals surface area contributed by atoms with E-state index in [9.17, 15) is 4.79 Å². The minimum atomic E-state index is 0.0954. The fourth-order valence-corrected chi connectivity index (χ4v) is 4.08. The molecule has 3 atom stereocenters. The number of rotatable bonds is 5. The molecule has 25 heavy (non-hydrogen) atoms. The molecule has 2 saturated heterocycles. The van der Waals surface area contributed by atoms with Gasteiger partial charge < -0.3 is 19.0 Å². The van der Waals surface area contributed by atoms with E-state index < -0.39 is 0 Å². The van der Waals surface area contributed by atoms with Crippen LogP contribution < -0.4 is 0 Å². The first-order valence-electron chi connectivity index (χ1n) is 8.96. The van der Waals surface area contributed by atoms with E-state index in [0.717, 1.165) is 45.0 Å². The third kappa shape index (κ3) is 3.50. The lowest BCUT2D eigenvalue weighted by Crippen LogP contribution is -2.47. The third-order valence-corrected chi connectivity index (χ3v) is 5.42. The highest BCUT2D eigenvalue weighted by Crippen LogP contribution is 2.35. The van der Waals surface area contributed by atoms with Gasteiger partial charge in [0, 0.05) is 31.7 Å². The van der Waals surface area contributed by atoms with Gasteiger partial charge in [-0.15, -0.1) is 0 Å². The van der Waals surface area contributed by atoms with Crippen LogP contribution in [0.5, 0.6) is 0 Å². The first-order valence-corrected chi connectivity index (χ1v) is 8.96. The minimum absolute atomic E-state index is 0.0954. The fraction of sp³-hybridized carbons (Fsp3) is 0.526. The van der Waals surface area contributed by atoms with Gasteiger partial charge >= 0.3 is 0 Å². The van der Waals surface area contributed by atoms with Crippen LogP contribution in [0, 0.1) is 11.8 Å². The van der Waals surface area contributed by atoms with Crippen LogP contribution in [0.2, 0.25) is 0 Å². The maximum Gasteiger partial charge on any atom is 0.270 e. The van der Waals surface area contributed by atoms with E-state index in [2.05, 4.69) is 16.9 Å². The van der Waals surface area contributed by atoms with E-state index in [0.29, 0.717) is 17.5 Å². The zero-order valence-corrected chi connectivity index (χ0v) is 14.6. The number of likely N-dealkylation sites (tertiary alicyclic amines) is 1. The molecule has 2 aliphatic heterocycles. The summed E-state index contributed by atoms with van der Waals surface area (Å²) in [7, 11) is 2.09. The van der Waals surface area contributed by atoms with E-state index in [4.69, 9.17) is 9.15 Å². The predicted octanol–water partition coefficient (Wildman–Crippen LogP) is 2.22. The number of carbonyl (C=O) groups excluding carboxylic acids is 1. The van der Waals surface area contributed by atoms with Crippen LogP contribution in [0.1, 0.15) is 22.7 Å². The van der Waals surface area contributed by atoms with Crippen molar-refractivity contribution in [3.63, 3.8) is 0 Å². The summed E-state index contributed by atoms with van der Waals surface area (Å²) in [6, 6.07) is 7.61. The van der Waals surface area contributed by atoms with Crippen LogP contribution >= 0.6 is 0 Å². The number of nitrogens with zero attached hydrogens (tertiary/aromatic N) is 2. The summed E-state index contributed by atoms with van der Waals surface area (Å²) in [6.07, 6.45) is 4.70. The van der Waals surface area contributed by atoms with Gasteiger partial charge in [-0.2, -0.15) is 0 Å². The number of likely N-dealkylation sites (N-methyl/N-ethyl adjacent to an activating group) is 1. The number of nitrogens with one attached hydrogen (secondary N) is 1. The molecular weight excluding hydrogens is 318 g/mol. The number of amides is 1. The van der Waals surface area contributed by atoms with Gasteiger partial charge in [-0.3, -0.25) is 9.69 Å². The van der Waals surface area contributed by atoms with Gasteiger partial charge in [-0.1, -0.05) is 0 Å². The van der Waals surface area contributed by atoms with Crippen molar-refractivity contribution in [1.82, 2.24) is 14.8 Å². The van der Waals surface area contributed by atoms with E-state index in [1.165, 1.54) is 0 Å². The minimum Gasteiger partial charge on any atom is -0.468 e. The Morgan fingerprint density at radius 1 is 1.40 bits per heavy atom. The Morgan fingerprint density at radius 2 is 2.32 bits per heavy atom. The molecule has 0 saturated carbocycles. The second-order valence-electron chi connectivity index (χ2n) is 7.20. The highest BCUT2D eigenvalue weighted by molar-refractivity contribution is 5.92. The Kier molecular flexibility index (Phi) is 4.63. The number of hydrogen-bond acceptors (Lipinski definition) is 4. The largest absolute Gasteiger partial charge is 0.468 e. The molecule has 6 heteroatoms. The fourth-order valence-electron chi connectivity index (χ4n) is 4.08. The maximum atomic E-state index is 12.6. The van der Waals surface area contributed by atoms with Gasteiger partial charge in [0.25, 0.3) is 5.91 Å². The lowest BCUT2D eigenvalue weighted by atomic mass is 9.84. The number of furan rings is 1. The maximum absolute atomic E-state index is 12.6. The molecule has 0 radical (unpaired) electrons. The monoisotopic (exact) mass is 343 g/mol. The molecule has 0 aromatic carbocycles. The van der Waals surface area contributed by atoms with Gasteiger partial charge in [0.05, 0.1) is 25.5 Å². The van der Waals surface area contributed by atoms with Crippen molar-refractivity contribution in [2.24, 2.45) is 11.8 Å². The van der Waals surface area contributed by atoms with Crippen molar-refractivity contribution < 1.29 is 13.9 Å². The number of fused-ring (bicyclic) bond motifs is 1. The molecule has 2 aliphatic rings. The topological polar surface area (TPSA) is 61.7 Å². The Morgan fingerprint density at radius 3 is 3.08 bits per heavy atom. The van der Waals surface area contributed by atoms with Crippen molar-refractivity contribution in [1.29, 1.82) is 0 Å². The van der Waals surface area contributed by atoms with Gasteiger partial charge in [-0.05, 0) is 43.7 Å². The van der Waals surface area contributed by atoms with Crippen molar-refractivity contribution in [2.45, 2.75) is 19.1 Å². The van der Waals surface area contributed by atoms with Crippen LogP contribution in [-0.2, 0) is 11.3 Å². The molecule has 2 fully saturated rings. The summed E-state index contributed by atoms with van der Waals surface area (Å²) in [4.78, 5) is 19.8. The molecule has 4 heterocycles. The molecule has 6 nitrogen and oxygen atoms in total. The van der Waals surface area contributed by atoms with E-state index in [-0.39, 0.29) is 12.0 Å². The molecule has 0 bridgehead atoms. The zero-order chi connectivity index (χ0) is 17.2. The van der Waals surface area contributed by atoms with Crippen molar-refractivity contribution in [3.05, 3.63) is 48.2 Å². The summed E-state index contributed by atoms with van der Waals surface area (Å²) < 4.78 is 11.5. The van der Waals surface area contributed by atoms with Gasteiger partial charge in [0.2, 0.25) is 0 Å². The first-order chi connectivity index (χ1) is 12.2. The zero-order valence-electron chi connectivity index (χ0n) is 14.6. The molecule has 0 unspecified atom stereocenters. The Labute approximate surface area is 147 Å². The first kappa shape index (κ1) is 16.4. The molecule has 134 valence electrons. The van der Waals surface area contributed by atoms with E-state index in [1.807, 2.05) is 29.2 Å². The van der Waals surface area contributed by atoms with Crippen LogP contribution in [0.4, 0.5) is 0 Å². The smallest absolute Gasteiger partial charge is 0.270 e. The Bertz CT molecular complexity index is 683. The molecule has 2 aromatic heterocycles. The van der Waals surface area contributed by atoms with Gasteiger partial charge in [0.15, 0.2) is 0 Å². The number of aromatic amines is 1. The summed E-state index contributed by atoms with van der Waals surface area (Å²) >= 11 is 0. The summed E-state index contributed by atoms with van der Waals surface area (Å²) in [5, 5.41) is 0. The molecule has 1 amide bonds. The lowest BCUT2D eigenvalue weighted by molar-refractivity contribution is 0.0417. The average molecular weight is 343 g/mol. The molecule has 0 spiro atoms. The van der Waals surface area contributed by atoms with Gasteiger partial charge in [-0.25, -0.2) is 0 Å². The molecule has 2 aromatic rings. The average Bonchev–Trinajstić information content (AvgIpc) is 3.36. The quantitative estimate of drug-likeness (QED) is 0.904. The van der Waals surface area contributed by atoms with Crippen LogP contribution in [0.25, 0.3) is 0 Å². The van der Waals surface area contributed by atoms with Crippen LogP contribution in [0.3, 0.4) is 0 Å². The highest BCUT2D eigenvalue weighted by Gasteiger charge is 2.42.